The summed E-state index contributed by atoms with van der Waals surface area (Å²) >= 11 is 2.35. The van der Waals surface area contributed by atoms with Gasteiger partial charge in [0, 0.05) is 9.13 Å². The molecule has 0 radical (unpaired) electrons. The van der Waals surface area contributed by atoms with Gasteiger partial charge in [0.1, 0.15) is 6.29 Å². The highest BCUT2D eigenvalue weighted by atomic mass is 127. The molecular formula is C21H21IO. The van der Waals surface area contributed by atoms with Gasteiger partial charge in [-0.15, -0.1) is 0 Å². The van der Waals surface area contributed by atoms with Gasteiger partial charge in [0.05, 0.1) is 0 Å². The molecule has 2 aromatic carbocycles. The third-order valence-electron chi connectivity index (χ3n) is 5.18. The van der Waals surface area contributed by atoms with Crippen molar-refractivity contribution in [2.45, 2.75) is 32.1 Å². The van der Waals surface area contributed by atoms with E-state index in [1.807, 2.05) is 6.07 Å². The molecule has 0 aliphatic heterocycles. The topological polar surface area (TPSA) is 17.1 Å². The van der Waals surface area contributed by atoms with Gasteiger partial charge in [-0.3, -0.25) is 4.79 Å². The van der Waals surface area contributed by atoms with Crippen molar-refractivity contribution in [2.75, 3.05) is 0 Å². The molecule has 1 saturated carbocycles. The number of hydrogen-bond acceptors (Lipinski definition) is 1. The summed E-state index contributed by atoms with van der Waals surface area (Å²) in [4.78, 5) is 11.1. The second kappa shape index (κ2) is 6.60. The third kappa shape index (κ3) is 3.27. The van der Waals surface area contributed by atoms with Crippen LogP contribution in [0.15, 0.2) is 48.5 Å². The van der Waals surface area contributed by atoms with Crippen LogP contribution in [0, 0.1) is 16.4 Å². The lowest BCUT2D eigenvalue weighted by Crippen LogP contribution is -2.41. The van der Waals surface area contributed by atoms with Crippen molar-refractivity contribution in [2.24, 2.45) is 5.92 Å². The van der Waals surface area contributed by atoms with E-state index in [-0.39, 0.29) is 5.41 Å². The molecule has 0 saturated heterocycles. The molecule has 118 valence electrons. The quantitative estimate of drug-likeness (QED) is 0.455. The Morgan fingerprint density at radius 1 is 1.17 bits per heavy atom. The molecule has 0 spiro atoms. The predicted octanol–water partition coefficient (Wildman–Crippen LogP) is 5.79. The molecule has 1 nitrogen and oxygen atoms in total. The van der Waals surface area contributed by atoms with Crippen LogP contribution in [-0.4, -0.2) is 6.29 Å². The molecule has 2 aromatic rings. The van der Waals surface area contributed by atoms with Gasteiger partial charge in [-0.25, -0.2) is 0 Å². The maximum Gasteiger partial charge on any atom is 0.150 e. The fraction of sp³-hybridized carbons (Fsp3) is 0.286. The van der Waals surface area contributed by atoms with E-state index in [2.05, 4.69) is 85.0 Å². The molecule has 2 unspecified atom stereocenters. The van der Waals surface area contributed by atoms with E-state index < -0.39 is 0 Å². The fourth-order valence-electron chi connectivity index (χ4n) is 3.55. The maximum absolute atomic E-state index is 11.1. The van der Waals surface area contributed by atoms with E-state index in [0.717, 1.165) is 11.8 Å². The summed E-state index contributed by atoms with van der Waals surface area (Å²) < 4.78 is 1.26. The summed E-state index contributed by atoms with van der Waals surface area (Å²) in [6, 6.07) is 14.6. The summed E-state index contributed by atoms with van der Waals surface area (Å²) in [6.07, 6.45) is 7.92. The minimum Gasteiger partial charge on any atom is -0.298 e. The number of carbonyl (C=O) groups excluding carboxylic acids is 1. The molecule has 2 atom stereocenters. The first kappa shape index (κ1) is 16.4. The van der Waals surface area contributed by atoms with E-state index in [4.69, 9.17) is 0 Å². The van der Waals surface area contributed by atoms with Crippen LogP contribution in [0.3, 0.4) is 0 Å². The molecule has 0 N–H and O–H groups in total. The summed E-state index contributed by atoms with van der Waals surface area (Å²) in [5.74, 6) is 0.529. The van der Waals surface area contributed by atoms with Crippen LogP contribution in [0.2, 0.25) is 0 Å². The van der Waals surface area contributed by atoms with Crippen LogP contribution in [0.1, 0.15) is 46.8 Å². The zero-order chi connectivity index (χ0) is 16.4. The maximum atomic E-state index is 11.1. The lowest BCUT2D eigenvalue weighted by atomic mass is 9.57. The highest BCUT2D eigenvalue weighted by Gasteiger charge is 2.43. The van der Waals surface area contributed by atoms with Crippen LogP contribution in [0.25, 0.3) is 6.08 Å². The Labute approximate surface area is 152 Å². The summed E-state index contributed by atoms with van der Waals surface area (Å²) in [5.41, 5.74) is 4.78. The first-order valence-electron chi connectivity index (χ1n) is 8.03. The molecule has 0 heterocycles. The molecule has 0 amide bonds. The van der Waals surface area contributed by atoms with Crippen LogP contribution < -0.4 is 0 Å². The Bertz CT molecular complexity index is 762. The average molecular weight is 416 g/mol. The van der Waals surface area contributed by atoms with Gasteiger partial charge in [-0.1, -0.05) is 43.3 Å². The zero-order valence-corrected chi connectivity index (χ0v) is 15.7. The first-order valence-corrected chi connectivity index (χ1v) is 9.11. The Balaban J connectivity index is 1.87. The van der Waals surface area contributed by atoms with Gasteiger partial charge in [0.15, 0.2) is 0 Å². The largest absolute Gasteiger partial charge is 0.298 e. The number of rotatable bonds is 4. The molecule has 23 heavy (non-hydrogen) atoms. The number of aryl methyl sites for hydroxylation is 1. The van der Waals surface area contributed by atoms with Crippen LogP contribution in [0.5, 0.6) is 0 Å². The number of allylic oxidation sites excluding steroid dienone is 1. The van der Waals surface area contributed by atoms with Crippen molar-refractivity contribution < 1.29 is 4.79 Å². The van der Waals surface area contributed by atoms with Gasteiger partial charge in [-0.2, -0.15) is 0 Å². The lowest BCUT2D eigenvalue weighted by molar-refractivity contribution is 0.112. The van der Waals surface area contributed by atoms with E-state index in [0.29, 0.717) is 5.92 Å². The Kier molecular flexibility index (Phi) is 4.72. The normalized spacial score (nSPS) is 23.7. The monoisotopic (exact) mass is 416 g/mol. The summed E-state index contributed by atoms with van der Waals surface area (Å²) in [5, 5.41) is 0. The standard InChI is InChI=1S/C21H21IO/c1-15-6-7-17(14-23)13-20(15)21(2)11-10-18(21)9-8-16-4-3-5-19(22)12-16/h3-9,12-14,18H,10-11H2,1-2H3/b9-8-. The Hall–Kier alpha value is -1.42. The SMILES string of the molecule is Cc1ccc(C=O)cc1C1(C)CCC1/C=C\c1cccc(I)c1. The highest BCUT2D eigenvalue weighted by Crippen LogP contribution is 2.50. The van der Waals surface area contributed by atoms with Crippen molar-refractivity contribution >= 4 is 35.0 Å². The second-order valence-corrected chi connectivity index (χ2v) is 7.91. The Morgan fingerprint density at radius 2 is 2.00 bits per heavy atom. The first-order chi connectivity index (χ1) is 11.0. The molecular weight excluding hydrogens is 395 g/mol. The number of aldehydes is 1. The van der Waals surface area contributed by atoms with Gasteiger partial charge >= 0.3 is 0 Å². The van der Waals surface area contributed by atoms with Gasteiger partial charge < -0.3 is 0 Å². The third-order valence-corrected chi connectivity index (χ3v) is 5.85. The van der Waals surface area contributed by atoms with E-state index in [9.17, 15) is 4.79 Å². The van der Waals surface area contributed by atoms with Crippen molar-refractivity contribution in [1.29, 1.82) is 0 Å². The molecule has 1 aliphatic rings. The van der Waals surface area contributed by atoms with E-state index in [1.165, 1.54) is 33.1 Å². The van der Waals surface area contributed by atoms with Crippen molar-refractivity contribution in [1.82, 2.24) is 0 Å². The van der Waals surface area contributed by atoms with Crippen molar-refractivity contribution in [3.63, 3.8) is 0 Å². The average Bonchev–Trinajstić information content (AvgIpc) is 2.54. The summed E-state index contributed by atoms with van der Waals surface area (Å²) in [6.45, 7) is 4.48. The number of carbonyl (C=O) groups is 1. The molecule has 3 rings (SSSR count). The smallest absolute Gasteiger partial charge is 0.150 e. The highest BCUT2D eigenvalue weighted by molar-refractivity contribution is 14.1. The van der Waals surface area contributed by atoms with Crippen LogP contribution in [-0.2, 0) is 5.41 Å². The molecule has 0 aromatic heterocycles. The minimum absolute atomic E-state index is 0.140. The van der Waals surface area contributed by atoms with Crippen molar-refractivity contribution in [3.05, 3.63) is 74.4 Å². The van der Waals surface area contributed by atoms with Gasteiger partial charge in [-0.05, 0) is 88.6 Å². The molecule has 1 aliphatic carbocycles. The predicted molar refractivity (Wildman–Crippen MR) is 105 cm³/mol. The van der Waals surface area contributed by atoms with Gasteiger partial charge in [0.2, 0.25) is 0 Å². The van der Waals surface area contributed by atoms with Gasteiger partial charge in [0.25, 0.3) is 0 Å². The van der Waals surface area contributed by atoms with Crippen molar-refractivity contribution in [3.8, 4) is 0 Å². The second-order valence-electron chi connectivity index (χ2n) is 6.67. The van der Waals surface area contributed by atoms with Crippen LogP contribution in [0.4, 0.5) is 0 Å². The zero-order valence-electron chi connectivity index (χ0n) is 13.6. The number of hydrogen-bond donors (Lipinski definition) is 0. The number of halogens is 1. The van der Waals surface area contributed by atoms with E-state index >= 15 is 0 Å². The Morgan fingerprint density at radius 3 is 2.65 bits per heavy atom. The molecule has 2 heteroatoms. The number of benzene rings is 2. The fourth-order valence-corrected chi connectivity index (χ4v) is 4.12. The summed E-state index contributed by atoms with van der Waals surface area (Å²) in [7, 11) is 0. The van der Waals surface area contributed by atoms with E-state index in [1.54, 1.807) is 0 Å². The molecule has 1 fully saturated rings. The molecule has 0 bridgehead atoms. The lowest BCUT2D eigenvalue weighted by Gasteiger charge is -2.47. The minimum atomic E-state index is 0.140. The van der Waals surface area contributed by atoms with Crippen LogP contribution >= 0.6 is 22.6 Å².